The fourth-order valence-electron chi connectivity index (χ4n) is 3.38. The second-order valence-corrected chi connectivity index (χ2v) is 6.76. The summed E-state index contributed by atoms with van der Waals surface area (Å²) in [6, 6.07) is 5.77. The van der Waals surface area contributed by atoms with Crippen molar-refractivity contribution in [3.63, 3.8) is 0 Å². The molecule has 3 heterocycles. The lowest BCUT2D eigenvalue weighted by atomic mass is 10.1. The topological polar surface area (TPSA) is 81.1 Å². The van der Waals surface area contributed by atoms with E-state index in [4.69, 9.17) is 4.74 Å². The largest absolute Gasteiger partial charge is 0.379 e. The van der Waals surface area contributed by atoms with Crippen LogP contribution in [0.3, 0.4) is 0 Å². The van der Waals surface area contributed by atoms with Crippen molar-refractivity contribution in [2.75, 3.05) is 23.8 Å². The van der Waals surface area contributed by atoms with Crippen molar-refractivity contribution in [1.82, 2.24) is 14.8 Å². The number of hydrogen-bond donors (Lipinski definition) is 2. The lowest BCUT2D eigenvalue weighted by Crippen LogP contribution is -2.31. The Morgan fingerprint density at radius 3 is 2.86 bits per heavy atom. The second kappa shape index (κ2) is 7.93. The number of benzene rings is 1. The summed E-state index contributed by atoms with van der Waals surface area (Å²) in [4.78, 5) is 17.4. The van der Waals surface area contributed by atoms with Crippen LogP contribution in [-0.2, 0) is 11.3 Å². The summed E-state index contributed by atoms with van der Waals surface area (Å²) in [6.45, 7) is 4.02. The quantitative estimate of drug-likeness (QED) is 0.705. The molecule has 0 spiro atoms. The first-order chi connectivity index (χ1) is 13.7. The minimum absolute atomic E-state index is 0.113. The van der Waals surface area contributed by atoms with Crippen LogP contribution < -0.4 is 10.6 Å². The fourth-order valence-corrected chi connectivity index (χ4v) is 3.38. The zero-order chi connectivity index (χ0) is 19.5. The first-order valence-corrected chi connectivity index (χ1v) is 9.41. The molecule has 0 radical (unpaired) electrons. The van der Waals surface area contributed by atoms with Crippen LogP contribution in [0.25, 0.3) is 11.0 Å². The van der Waals surface area contributed by atoms with Gasteiger partial charge in [-0.05, 0) is 44.0 Å². The van der Waals surface area contributed by atoms with Crippen LogP contribution in [0.5, 0.6) is 0 Å². The number of carbonyl (C=O) groups is 1. The number of ether oxygens (including phenoxy) is 1. The van der Waals surface area contributed by atoms with Crippen molar-refractivity contribution < 1.29 is 13.9 Å². The summed E-state index contributed by atoms with van der Waals surface area (Å²) in [7, 11) is 0. The van der Waals surface area contributed by atoms with E-state index >= 15 is 0 Å². The SMILES string of the molecule is CCn1ncc2c(NC3CCCOC3)c(C(=O)Nc3ccc(F)cc3)cnc21. The number of fused-ring (bicyclic) bond motifs is 1. The van der Waals surface area contributed by atoms with Crippen LogP contribution in [0.2, 0.25) is 0 Å². The lowest BCUT2D eigenvalue weighted by Gasteiger charge is -2.25. The molecular formula is C20H22FN5O2. The van der Waals surface area contributed by atoms with E-state index < -0.39 is 0 Å². The highest BCUT2D eigenvalue weighted by Crippen LogP contribution is 2.28. The average Bonchev–Trinajstić information content (AvgIpc) is 3.14. The molecule has 3 aromatic rings. The number of nitrogens with one attached hydrogen (secondary N) is 2. The summed E-state index contributed by atoms with van der Waals surface area (Å²) in [5.41, 5.74) is 2.35. The molecule has 1 amide bonds. The summed E-state index contributed by atoms with van der Waals surface area (Å²) in [6.07, 6.45) is 5.22. The van der Waals surface area contributed by atoms with Crippen molar-refractivity contribution in [1.29, 1.82) is 0 Å². The Labute approximate surface area is 161 Å². The van der Waals surface area contributed by atoms with E-state index in [0.717, 1.165) is 30.5 Å². The van der Waals surface area contributed by atoms with E-state index in [1.54, 1.807) is 17.1 Å². The molecule has 7 nitrogen and oxygen atoms in total. The van der Waals surface area contributed by atoms with Crippen molar-refractivity contribution in [2.45, 2.75) is 32.4 Å². The molecule has 2 aromatic heterocycles. The molecule has 1 aliphatic heterocycles. The van der Waals surface area contributed by atoms with Gasteiger partial charge in [0.15, 0.2) is 5.65 Å². The van der Waals surface area contributed by atoms with Crippen LogP contribution in [0.15, 0.2) is 36.7 Å². The molecule has 1 fully saturated rings. The Balaban J connectivity index is 1.70. The van der Waals surface area contributed by atoms with E-state index in [9.17, 15) is 9.18 Å². The van der Waals surface area contributed by atoms with E-state index in [1.165, 1.54) is 24.3 Å². The van der Waals surface area contributed by atoms with Crippen molar-refractivity contribution in [3.8, 4) is 0 Å². The van der Waals surface area contributed by atoms with Crippen LogP contribution in [0, 0.1) is 5.82 Å². The van der Waals surface area contributed by atoms with Gasteiger partial charge >= 0.3 is 0 Å². The second-order valence-electron chi connectivity index (χ2n) is 6.76. The Morgan fingerprint density at radius 1 is 1.32 bits per heavy atom. The standard InChI is InChI=1S/C20H22FN5O2/c1-2-26-19-16(11-23-26)18(24-15-4-3-9-28-12-15)17(10-22-19)20(27)25-14-7-5-13(21)6-8-14/h5-8,10-11,15H,2-4,9,12H2,1H3,(H,22,24)(H,25,27). The van der Waals surface area contributed by atoms with Gasteiger partial charge in [0.1, 0.15) is 5.82 Å². The number of pyridine rings is 1. The third kappa shape index (κ3) is 3.68. The van der Waals surface area contributed by atoms with Gasteiger partial charge in [0, 0.05) is 31.1 Å². The summed E-state index contributed by atoms with van der Waals surface area (Å²) >= 11 is 0. The highest BCUT2D eigenvalue weighted by atomic mass is 19.1. The molecule has 1 unspecified atom stereocenters. The van der Waals surface area contributed by atoms with Crippen molar-refractivity contribution in [2.24, 2.45) is 0 Å². The van der Waals surface area contributed by atoms with Gasteiger partial charge in [-0.15, -0.1) is 0 Å². The van der Waals surface area contributed by atoms with Gasteiger partial charge in [0.25, 0.3) is 5.91 Å². The highest BCUT2D eigenvalue weighted by Gasteiger charge is 2.22. The Morgan fingerprint density at radius 2 is 2.14 bits per heavy atom. The van der Waals surface area contributed by atoms with Crippen LogP contribution >= 0.6 is 0 Å². The average molecular weight is 383 g/mol. The maximum Gasteiger partial charge on any atom is 0.259 e. The zero-order valence-electron chi connectivity index (χ0n) is 15.6. The summed E-state index contributed by atoms with van der Waals surface area (Å²) < 4.78 is 20.5. The molecule has 28 heavy (non-hydrogen) atoms. The molecule has 1 aromatic carbocycles. The summed E-state index contributed by atoms with van der Waals surface area (Å²) in [5.74, 6) is -0.669. The monoisotopic (exact) mass is 383 g/mol. The van der Waals surface area contributed by atoms with Crippen LogP contribution in [0.4, 0.5) is 15.8 Å². The molecule has 2 N–H and O–H groups in total. The first-order valence-electron chi connectivity index (χ1n) is 9.41. The number of hydrogen-bond acceptors (Lipinski definition) is 5. The van der Waals surface area contributed by atoms with Crippen molar-refractivity contribution >= 4 is 28.3 Å². The van der Waals surface area contributed by atoms with Gasteiger partial charge in [0.2, 0.25) is 0 Å². The number of aromatic nitrogens is 3. The number of carbonyl (C=O) groups excluding carboxylic acids is 1. The normalized spacial score (nSPS) is 16.9. The Bertz CT molecular complexity index is 980. The molecule has 0 aliphatic carbocycles. The molecule has 0 bridgehead atoms. The molecule has 1 saturated heterocycles. The minimum atomic E-state index is -0.354. The molecule has 4 rings (SSSR count). The number of rotatable bonds is 5. The molecule has 1 atom stereocenters. The maximum atomic E-state index is 13.1. The van der Waals surface area contributed by atoms with Gasteiger partial charge in [-0.1, -0.05) is 0 Å². The Kier molecular flexibility index (Phi) is 5.21. The van der Waals surface area contributed by atoms with E-state index in [1.807, 2.05) is 6.92 Å². The lowest BCUT2D eigenvalue weighted by molar-refractivity contribution is 0.0875. The maximum absolute atomic E-state index is 13.1. The zero-order valence-corrected chi connectivity index (χ0v) is 15.6. The molecule has 0 saturated carbocycles. The van der Waals surface area contributed by atoms with Gasteiger partial charge in [-0.2, -0.15) is 5.10 Å². The Hall–Kier alpha value is -3.00. The van der Waals surface area contributed by atoms with Gasteiger partial charge in [-0.25, -0.2) is 14.1 Å². The van der Waals surface area contributed by atoms with Gasteiger partial charge in [0.05, 0.1) is 29.4 Å². The first kappa shape index (κ1) is 18.4. The third-order valence-electron chi connectivity index (χ3n) is 4.82. The predicted octanol–water partition coefficient (Wildman–Crippen LogP) is 3.43. The highest BCUT2D eigenvalue weighted by molar-refractivity contribution is 6.12. The minimum Gasteiger partial charge on any atom is -0.379 e. The number of halogens is 1. The van der Waals surface area contributed by atoms with Gasteiger partial charge < -0.3 is 15.4 Å². The predicted molar refractivity (Wildman–Crippen MR) is 105 cm³/mol. The molecule has 1 aliphatic rings. The third-order valence-corrected chi connectivity index (χ3v) is 4.82. The molecule has 8 heteroatoms. The summed E-state index contributed by atoms with van der Waals surface area (Å²) in [5, 5.41) is 11.4. The number of amides is 1. The van der Waals surface area contributed by atoms with E-state index in [2.05, 4.69) is 20.7 Å². The smallest absolute Gasteiger partial charge is 0.259 e. The van der Waals surface area contributed by atoms with E-state index in [-0.39, 0.29) is 17.8 Å². The van der Waals surface area contributed by atoms with Crippen molar-refractivity contribution in [3.05, 3.63) is 48.0 Å². The fraction of sp³-hybridized carbons (Fsp3) is 0.350. The molecular weight excluding hydrogens is 361 g/mol. The van der Waals surface area contributed by atoms with E-state index in [0.29, 0.717) is 30.1 Å². The number of nitrogens with zero attached hydrogens (tertiary/aromatic N) is 3. The molecule has 146 valence electrons. The van der Waals surface area contributed by atoms with Crippen LogP contribution in [0.1, 0.15) is 30.1 Å². The van der Waals surface area contributed by atoms with Gasteiger partial charge in [-0.3, -0.25) is 4.79 Å². The van der Waals surface area contributed by atoms with Crippen LogP contribution in [-0.4, -0.2) is 39.9 Å². The number of aryl methyl sites for hydroxylation is 1. The number of anilines is 2.